The molecule has 0 spiro atoms. The molecule has 0 saturated heterocycles. The predicted octanol–water partition coefficient (Wildman–Crippen LogP) is 3.22. The van der Waals surface area contributed by atoms with E-state index in [1.54, 1.807) is 0 Å². The number of fused-ring (bicyclic) bond motifs is 1. The summed E-state index contributed by atoms with van der Waals surface area (Å²) in [7, 11) is 0. The number of hydrogen-bond donors (Lipinski definition) is 0. The number of hydrogen-bond acceptors (Lipinski definition) is 0. The summed E-state index contributed by atoms with van der Waals surface area (Å²) >= 11 is 0. The normalized spacial score (nSPS) is 58.5. The number of rotatable bonds is 1. The molecule has 0 N–H and O–H groups in total. The van der Waals surface area contributed by atoms with E-state index in [1.807, 2.05) is 0 Å². The van der Waals surface area contributed by atoms with Crippen LogP contribution in [0, 0.1) is 16.7 Å². The van der Waals surface area contributed by atoms with Crippen LogP contribution in [0.4, 0.5) is 0 Å². The van der Waals surface area contributed by atoms with Crippen molar-refractivity contribution in [3.8, 4) is 0 Å². The molecule has 1 unspecified atom stereocenters. The first-order chi connectivity index (χ1) is 4.60. The highest BCUT2D eigenvalue weighted by Crippen LogP contribution is 2.70. The van der Waals surface area contributed by atoms with Gasteiger partial charge in [-0.1, -0.05) is 27.2 Å². The van der Waals surface area contributed by atoms with Gasteiger partial charge in [0, 0.05) is 0 Å². The average Bonchev–Trinajstić information content (AvgIpc) is 2.17. The molecule has 0 aliphatic heterocycles. The van der Waals surface area contributed by atoms with Gasteiger partial charge in [0.2, 0.25) is 0 Å². The Kier molecular flexibility index (Phi) is 1.07. The van der Waals surface area contributed by atoms with Crippen molar-refractivity contribution < 1.29 is 0 Å². The molecular weight excluding hydrogens is 120 g/mol. The summed E-state index contributed by atoms with van der Waals surface area (Å²) in [6, 6.07) is 0. The topological polar surface area (TPSA) is 0 Å². The summed E-state index contributed by atoms with van der Waals surface area (Å²) < 4.78 is 0. The second kappa shape index (κ2) is 1.60. The summed E-state index contributed by atoms with van der Waals surface area (Å²) in [4.78, 5) is 0. The van der Waals surface area contributed by atoms with Crippen molar-refractivity contribution in [2.24, 2.45) is 16.7 Å². The van der Waals surface area contributed by atoms with Crippen molar-refractivity contribution in [2.45, 2.75) is 46.5 Å². The molecule has 3 fully saturated rings. The van der Waals surface area contributed by atoms with Crippen LogP contribution >= 0.6 is 0 Å². The van der Waals surface area contributed by atoms with Crippen LogP contribution in [0.5, 0.6) is 0 Å². The average molecular weight is 138 g/mol. The van der Waals surface area contributed by atoms with Gasteiger partial charge in [0.15, 0.2) is 0 Å². The molecule has 0 aromatic carbocycles. The van der Waals surface area contributed by atoms with Crippen molar-refractivity contribution in [1.29, 1.82) is 0 Å². The van der Waals surface area contributed by atoms with E-state index in [-0.39, 0.29) is 0 Å². The standard InChI is InChI=1S/C10H18/c1-4-10-5-8(2)9(3,6-10)7-10/h8H,4-7H2,1-3H3. The lowest BCUT2D eigenvalue weighted by Crippen LogP contribution is -2.35. The van der Waals surface area contributed by atoms with Crippen LogP contribution in [0.3, 0.4) is 0 Å². The fourth-order valence-electron chi connectivity index (χ4n) is 3.44. The van der Waals surface area contributed by atoms with Gasteiger partial charge >= 0.3 is 0 Å². The lowest BCUT2D eigenvalue weighted by atomic mass is 9.59. The van der Waals surface area contributed by atoms with Gasteiger partial charge in [-0.05, 0) is 36.0 Å². The van der Waals surface area contributed by atoms with Crippen molar-refractivity contribution >= 4 is 0 Å². The highest BCUT2D eigenvalue weighted by Gasteiger charge is 2.60. The largest absolute Gasteiger partial charge is 0.0649 e. The summed E-state index contributed by atoms with van der Waals surface area (Å²) in [5, 5.41) is 0. The first kappa shape index (κ1) is 6.69. The Bertz CT molecular complexity index is 146. The van der Waals surface area contributed by atoms with Crippen LogP contribution in [0.25, 0.3) is 0 Å². The lowest BCUT2D eigenvalue weighted by molar-refractivity contribution is 0.0455. The Hall–Kier alpha value is 0. The first-order valence-corrected chi connectivity index (χ1v) is 4.60. The fraction of sp³-hybridized carbons (Fsp3) is 1.00. The van der Waals surface area contributed by atoms with Crippen LogP contribution in [0.15, 0.2) is 0 Å². The maximum atomic E-state index is 2.47. The molecule has 3 rings (SSSR count). The SMILES string of the molecule is CCC12CC(C)C(C)(C1)C2. The van der Waals surface area contributed by atoms with E-state index < -0.39 is 0 Å². The van der Waals surface area contributed by atoms with E-state index in [4.69, 9.17) is 0 Å². The zero-order valence-corrected chi connectivity index (χ0v) is 7.41. The zero-order chi connectivity index (χ0) is 7.41. The smallest absolute Gasteiger partial charge is 0.0287 e. The van der Waals surface area contributed by atoms with Gasteiger partial charge < -0.3 is 0 Å². The summed E-state index contributed by atoms with van der Waals surface area (Å²) in [5.41, 5.74) is 1.57. The Labute approximate surface area is 64.0 Å². The molecule has 3 saturated carbocycles. The van der Waals surface area contributed by atoms with Gasteiger partial charge in [0.1, 0.15) is 0 Å². The molecule has 2 bridgehead atoms. The van der Waals surface area contributed by atoms with Crippen LogP contribution in [0.1, 0.15) is 46.5 Å². The van der Waals surface area contributed by atoms with E-state index in [0.717, 1.165) is 16.7 Å². The third-order valence-corrected chi connectivity index (χ3v) is 4.24. The van der Waals surface area contributed by atoms with Gasteiger partial charge in [-0.2, -0.15) is 0 Å². The molecule has 0 aromatic rings. The molecule has 0 radical (unpaired) electrons. The monoisotopic (exact) mass is 138 g/mol. The van der Waals surface area contributed by atoms with Crippen LogP contribution in [-0.2, 0) is 0 Å². The van der Waals surface area contributed by atoms with Crippen molar-refractivity contribution in [3.05, 3.63) is 0 Å². The molecule has 0 amide bonds. The summed E-state index contributed by atoms with van der Waals surface area (Å²) in [6.45, 7) is 7.26. The highest BCUT2D eigenvalue weighted by molar-refractivity contribution is 5.10. The highest BCUT2D eigenvalue weighted by atomic mass is 14.6. The second-order valence-electron chi connectivity index (χ2n) is 4.97. The Morgan fingerprint density at radius 3 is 2.20 bits per heavy atom. The van der Waals surface area contributed by atoms with Gasteiger partial charge in [0.05, 0.1) is 0 Å². The molecule has 0 heteroatoms. The molecule has 3 aliphatic carbocycles. The third-order valence-electron chi connectivity index (χ3n) is 4.24. The molecule has 0 heterocycles. The summed E-state index contributed by atoms with van der Waals surface area (Å²) in [6.07, 6.45) is 5.99. The Morgan fingerprint density at radius 2 is 2.00 bits per heavy atom. The van der Waals surface area contributed by atoms with Crippen molar-refractivity contribution in [3.63, 3.8) is 0 Å². The van der Waals surface area contributed by atoms with E-state index in [1.165, 1.54) is 25.7 Å². The molecule has 1 atom stereocenters. The second-order valence-corrected chi connectivity index (χ2v) is 4.97. The van der Waals surface area contributed by atoms with Crippen LogP contribution in [0.2, 0.25) is 0 Å². The van der Waals surface area contributed by atoms with E-state index in [0.29, 0.717) is 0 Å². The molecule has 58 valence electrons. The summed E-state index contributed by atoms with van der Waals surface area (Å²) in [5.74, 6) is 1.01. The van der Waals surface area contributed by atoms with E-state index >= 15 is 0 Å². The maximum absolute atomic E-state index is 2.47. The lowest BCUT2D eigenvalue weighted by Gasteiger charge is -2.46. The van der Waals surface area contributed by atoms with Crippen molar-refractivity contribution in [1.82, 2.24) is 0 Å². The van der Waals surface area contributed by atoms with Gasteiger partial charge in [-0.15, -0.1) is 0 Å². The zero-order valence-electron chi connectivity index (χ0n) is 7.41. The Balaban J connectivity index is 2.17. The molecular formula is C10H18. The third kappa shape index (κ3) is 0.580. The Morgan fingerprint density at radius 1 is 1.40 bits per heavy atom. The van der Waals surface area contributed by atoms with Gasteiger partial charge in [-0.3, -0.25) is 0 Å². The maximum Gasteiger partial charge on any atom is -0.0287 e. The van der Waals surface area contributed by atoms with Gasteiger partial charge in [-0.25, -0.2) is 0 Å². The predicted molar refractivity (Wildman–Crippen MR) is 43.8 cm³/mol. The molecule has 10 heavy (non-hydrogen) atoms. The quantitative estimate of drug-likeness (QED) is 0.522. The first-order valence-electron chi connectivity index (χ1n) is 4.60. The van der Waals surface area contributed by atoms with E-state index in [2.05, 4.69) is 20.8 Å². The minimum Gasteiger partial charge on any atom is -0.0649 e. The van der Waals surface area contributed by atoms with Crippen LogP contribution in [-0.4, -0.2) is 0 Å². The van der Waals surface area contributed by atoms with Gasteiger partial charge in [0.25, 0.3) is 0 Å². The minimum atomic E-state index is 0.760. The molecule has 0 nitrogen and oxygen atoms in total. The fourth-order valence-corrected chi connectivity index (χ4v) is 3.44. The minimum absolute atomic E-state index is 0.760. The molecule has 3 aliphatic rings. The molecule has 0 aromatic heterocycles. The van der Waals surface area contributed by atoms with Crippen LogP contribution < -0.4 is 0 Å². The van der Waals surface area contributed by atoms with E-state index in [9.17, 15) is 0 Å². The van der Waals surface area contributed by atoms with Crippen molar-refractivity contribution in [2.75, 3.05) is 0 Å².